The van der Waals surface area contributed by atoms with Crippen molar-refractivity contribution in [2.75, 3.05) is 25.2 Å². The maximum Gasteiger partial charge on any atom is 0.225 e. The molecule has 1 rings (SSSR count). The first-order chi connectivity index (χ1) is 7.19. The van der Waals surface area contributed by atoms with Crippen LogP contribution in [0, 0.1) is 3.57 Å². The molecule has 5 heteroatoms. The van der Waals surface area contributed by atoms with Gasteiger partial charge >= 0.3 is 0 Å². The summed E-state index contributed by atoms with van der Waals surface area (Å²) in [7, 11) is 1.71. The fraction of sp³-hybridized carbons (Fsp3) is 0.600. The summed E-state index contributed by atoms with van der Waals surface area (Å²) in [4.78, 5) is 10.7. The molecule has 0 fully saturated rings. The predicted molar refractivity (Wildman–Crippen MR) is 69.1 cm³/mol. The SMILES string of the molecule is CCN(c1ncc(I)cn1)C(C)COC. The topological polar surface area (TPSA) is 38.2 Å². The number of nitrogens with zero attached hydrogens (tertiary/aromatic N) is 3. The molecular weight excluding hydrogens is 305 g/mol. The van der Waals surface area contributed by atoms with Crippen molar-refractivity contribution in [3.63, 3.8) is 0 Å². The number of methoxy groups -OCH3 is 1. The van der Waals surface area contributed by atoms with Gasteiger partial charge < -0.3 is 9.64 Å². The average molecular weight is 321 g/mol. The molecule has 1 atom stereocenters. The molecule has 1 heterocycles. The van der Waals surface area contributed by atoms with Crippen LogP contribution in [0.4, 0.5) is 5.95 Å². The average Bonchev–Trinajstić information content (AvgIpc) is 2.22. The van der Waals surface area contributed by atoms with E-state index < -0.39 is 0 Å². The molecule has 0 saturated heterocycles. The maximum absolute atomic E-state index is 5.13. The summed E-state index contributed by atoms with van der Waals surface area (Å²) < 4.78 is 6.18. The smallest absolute Gasteiger partial charge is 0.225 e. The largest absolute Gasteiger partial charge is 0.383 e. The zero-order valence-electron chi connectivity index (χ0n) is 9.27. The Labute approximate surface area is 104 Å². The second-order valence-corrected chi connectivity index (χ2v) is 4.54. The van der Waals surface area contributed by atoms with E-state index in [-0.39, 0.29) is 0 Å². The summed E-state index contributed by atoms with van der Waals surface area (Å²) in [5.74, 6) is 0.766. The van der Waals surface area contributed by atoms with Crippen LogP contribution in [0.5, 0.6) is 0 Å². The van der Waals surface area contributed by atoms with Crippen molar-refractivity contribution in [3.05, 3.63) is 16.0 Å². The van der Waals surface area contributed by atoms with Gasteiger partial charge in [-0.2, -0.15) is 0 Å². The molecule has 0 aliphatic carbocycles. The van der Waals surface area contributed by atoms with Crippen LogP contribution in [-0.4, -0.2) is 36.3 Å². The van der Waals surface area contributed by atoms with E-state index in [4.69, 9.17) is 4.74 Å². The second-order valence-electron chi connectivity index (χ2n) is 3.29. The van der Waals surface area contributed by atoms with E-state index in [1.54, 1.807) is 7.11 Å². The summed E-state index contributed by atoms with van der Waals surface area (Å²) in [5, 5.41) is 0. The third kappa shape index (κ3) is 3.57. The van der Waals surface area contributed by atoms with Gasteiger partial charge in [0.2, 0.25) is 5.95 Å². The highest BCUT2D eigenvalue weighted by Gasteiger charge is 2.14. The highest BCUT2D eigenvalue weighted by atomic mass is 127. The summed E-state index contributed by atoms with van der Waals surface area (Å²) in [6.45, 7) is 5.76. The van der Waals surface area contributed by atoms with Crippen LogP contribution in [-0.2, 0) is 4.74 Å². The number of halogens is 1. The molecule has 0 radical (unpaired) electrons. The monoisotopic (exact) mass is 321 g/mol. The molecule has 0 aromatic carbocycles. The van der Waals surface area contributed by atoms with Crippen molar-refractivity contribution in [3.8, 4) is 0 Å². The second kappa shape index (κ2) is 6.22. The minimum absolute atomic E-state index is 0.292. The minimum Gasteiger partial charge on any atom is -0.383 e. The molecule has 0 spiro atoms. The van der Waals surface area contributed by atoms with Crippen molar-refractivity contribution in [1.82, 2.24) is 9.97 Å². The molecule has 1 aromatic heterocycles. The summed E-state index contributed by atoms with van der Waals surface area (Å²) in [6.07, 6.45) is 3.65. The van der Waals surface area contributed by atoms with Crippen LogP contribution >= 0.6 is 22.6 Å². The number of hydrogen-bond acceptors (Lipinski definition) is 4. The van der Waals surface area contributed by atoms with Gasteiger partial charge in [-0.05, 0) is 36.4 Å². The molecule has 0 saturated carbocycles. The Morgan fingerprint density at radius 2 is 2.07 bits per heavy atom. The van der Waals surface area contributed by atoms with Gasteiger partial charge in [-0.3, -0.25) is 0 Å². The molecule has 4 nitrogen and oxygen atoms in total. The number of aromatic nitrogens is 2. The molecule has 0 aliphatic heterocycles. The number of hydrogen-bond donors (Lipinski definition) is 0. The number of likely N-dealkylation sites (N-methyl/N-ethyl adjacent to an activating group) is 1. The van der Waals surface area contributed by atoms with Crippen LogP contribution < -0.4 is 4.90 Å². The Morgan fingerprint density at radius 3 is 2.53 bits per heavy atom. The highest BCUT2D eigenvalue weighted by molar-refractivity contribution is 14.1. The van der Waals surface area contributed by atoms with E-state index in [0.29, 0.717) is 12.6 Å². The number of ether oxygens (including phenoxy) is 1. The maximum atomic E-state index is 5.13. The Kier molecular flexibility index (Phi) is 5.24. The Morgan fingerprint density at radius 1 is 1.47 bits per heavy atom. The van der Waals surface area contributed by atoms with Crippen molar-refractivity contribution in [2.24, 2.45) is 0 Å². The van der Waals surface area contributed by atoms with Gasteiger partial charge in [-0.15, -0.1) is 0 Å². The third-order valence-electron chi connectivity index (χ3n) is 2.14. The van der Waals surface area contributed by atoms with E-state index in [0.717, 1.165) is 16.1 Å². The first-order valence-electron chi connectivity index (χ1n) is 4.92. The van der Waals surface area contributed by atoms with Gasteiger partial charge in [0.1, 0.15) is 0 Å². The van der Waals surface area contributed by atoms with E-state index >= 15 is 0 Å². The number of rotatable bonds is 5. The van der Waals surface area contributed by atoms with E-state index in [2.05, 4.69) is 51.3 Å². The van der Waals surface area contributed by atoms with Crippen LogP contribution in [0.2, 0.25) is 0 Å². The third-order valence-corrected chi connectivity index (χ3v) is 2.70. The van der Waals surface area contributed by atoms with Crippen LogP contribution in [0.15, 0.2) is 12.4 Å². The van der Waals surface area contributed by atoms with Gasteiger partial charge in [0.25, 0.3) is 0 Å². The number of anilines is 1. The van der Waals surface area contributed by atoms with Crippen molar-refractivity contribution in [1.29, 1.82) is 0 Å². The van der Waals surface area contributed by atoms with Crippen molar-refractivity contribution >= 4 is 28.5 Å². The van der Waals surface area contributed by atoms with Crippen LogP contribution in [0.1, 0.15) is 13.8 Å². The molecular formula is C10H16IN3O. The zero-order chi connectivity index (χ0) is 11.3. The summed E-state index contributed by atoms with van der Waals surface area (Å²) in [6, 6.07) is 0.292. The van der Waals surface area contributed by atoms with E-state index in [1.165, 1.54) is 0 Å². The summed E-state index contributed by atoms with van der Waals surface area (Å²) >= 11 is 2.20. The molecule has 84 valence electrons. The molecule has 0 N–H and O–H groups in total. The molecule has 15 heavy (non-hydrogen) atoms. The molecule has 1 aromatic rings. The lowest BCUT2D eigenvalue weighted by Crippen LogP contribution is -2.37. The van der Waals surface area contributed by atoms with Gasteiger partial charge in [0.05, 0.1) is 12.6 Å². The van der Waals surface area contributed by atoms with E-state index in [9.17, 15) is 0 Å². The lowest BCUT2D eigenvalue weighted by Gasteiger charge is -2.27. The van der Waals surface area contributed by atoms with Gasteiger partial charge in [-0.25, -0.2) is 9.97 Å². The Hall–Kier alpha value is -0.430. The molecule has 0 bridgehead atoms. The van der Waals surface area contributed by atoms with Gasteiger partial charge in [-0.1, -0.05) is 0 Å². The van der Waals surface area contributed by atoms with Gasteiger partial charge in [0.15, 0.2) is 0 Å². The molecule has 0 aliphatic rings. The first-order valence-corrected chi connectivity index (χ1v) is 6.00. The molecule has 1 unspecified atom stereocenters. The lowest BCUT2D eigenvalue weighted by atomic mass is 10.3. The first kappa shape index (κ1) is 12.6. The quantitative estimate of drug-likeness (QED) is 0.777. The standard InChI is InChI=1S/C10H16IN3O/c1-4-14(8(2)7-15-3)10-12-5-9(11)6-13-10/h5-6,8H,4,7H2,1-3H3. The Balaban J connectivity index is 2.77. The normalized spacial score (nSPS) is 12.5. The Bertz CT molecular complexity index is 291. The van der Waals surface area contributed by atoms with Crippen molar-refractivity contribution in [2.45, 2.75) is 19.9 Å². The van der Waals surface area contributed by atoms with Crippen molar-refractivity contribution < 1.29 is 4.74 Å². The highest BCUT2D eigenvalue weighted by Crippen LogP contribution is 2.11. The van der Waals surface area contributed by atoms with Gasteiger partial charge in [0, 0.05) is 29.6 Å². The van der Waals surface area contributed by atoms with Crippen LogP contribution in [0.3, 0.4) is 0 Å². The van der Waals surface area contributed by atoms with Crippen LogP contribution in [0.25, 0.3) is 0 Å². The predicted octanol–water partition coefficient (Wildman–Crippen LogP) is 1.94. The fourth-order valence-electron chi connectivity index (χ4n) is 1.44. The molecule has 0 amide bonds. The minimum atomic E-state index is 0.292. The lowest BCUT2D eigenvalue weighted by molar-refractivity contribution is 0.181. The summed E-state index contributed by atoms with van der Waals surface area (Å²) in [5.41, 5.74) is 0. The van der Waals surface area contributed by atoms with E-state index in [1.807, 2.05) is 12.4 Å². The zero-order valence-corrected chi connectivity index (χ0v) is 11.4. The fourth-order valence-corrected chi connectivity index (χ4v) is 1.71.